The van der Waals surface area contributed by atoms with Gasteiger partial charge in [0.2, 0.25) is 0 Å². The largest absolute Gasteiger partial charge is 0.387 e. The lowest BCUT2D eigenvalue weighted by atomic mass is 10.1. The fourth-order valence-electron chi connectivity index (χ4n) is 1.34. The topological polar surface area (TPSA) is 48.9 Å². The molecular formula is C9H9BrN2O. The Kier molecular flexibility index (Phi) is 2.33. The van der Waals surface area contributed by atoms with Gasteiger partial charge in [-0.3, -0.25) is 0 Å². The van der Waals surface area contributed by atoms with Crippen molar-refractivity contribution in [1.82, 2.24) is 9.97 Å². The molecular weight excluding hydrogens is 232 g/mol. The molecule has 0 radical (unpaired) electrons. The maximum atomic E-state index is 9.62. The van der Waals surface area contributed by atoms with Gasteiger partial charge in [0.1, 0.15) is 5.65 Å². The van der Waals surface area contributed by atoms with Crippen molar-refractivity contribution < 1.29 is 5.11 Å². The number of nitrogens with zero attached hydrogens (tertiary/aromatic N) is 1. The van der Waals surface area contributed by atoms with Crippen LogP contribution in [0.1, 0.15) is 11.7 Å². The van der Waals surface area contributed by atoms with Crippen LogP contribution in [0.25, 0.3) is 11.0 Å². The molecule has 0 aliphatic heterocycles. The third kappa shape index (κ3) is 1.47. The Labute approximate surface area is 83.9 Å². The first-order chi connectivity index (χ1) is 6.33. The molecule has 0 bridgehead atoms. The summed E-state index contributed by atoms with van der Waals surface area (Å²) in [6, 6.07) is 3.81. The first-order valence-electron chi connectivity index (χ1n) is 3.99. The second-order valence-corrected chi connectivity index (χ2v) is 3.46. The van der Waals surface area contributed by atoms with E-state index in [1.165, 1.54) is 0 Å². The molecule has 2 aromatic rings. The van der Waals surface area contributed by atoms with E-state index in [0.29, 0.717) is 5.33 Å². The summed E-state index contributed by atoms with van der Waals surface area (Å²) in [5.41, 5.74) is 1.71. The van der Waals surface area contributed by atoms with Crippen LogP contribution in [0.15, 0.2) is 24.5 Å². The van der Waals surface area contributed by atoms with E-state index in [1.807, 2.05) is 12.1 Å². The summed E-state index contributed by atoms with van der Waals surface area (Å²) in [4.78, 5) is 7.15. The summed E-state index contributed by atoms with van der Waals surface area (Å²) in [6.45, 7) is 0. The Hall–Kier alpha value is -0.870. The molecule has 0 amide bonds. The summed E-state index contributed by atoms with van der Waals surface area (Å²) in [6.07, 6.45) is 3.05. The molecule has 0 aliphatic rings. The number of hydrogen-bond donors (Lipinski definition) is 2. The van der Waals surface area contributed by atoms with Gasteiger partial charge < -0.3 is 10.1 Å². The molecule has 0 saturated heterocycles. The van der Waals surface area contributed by atoms with Gasteiger partial charge in [0.15, 0.2) is 0 Å². The minimum Gasteiger partial charge on any atom is -0.387 e. The molecule has 2 heterocycles. The van der Waals surface area contributed by atoms with Crippen molar-refractivity contribution in [1.29, 1.82) is 0 Å². The SMILES string of the molecule is OC(CBr)c1c[nH]c2ncccc12. The van der Waals surface area contributed by atoms with Gasteiger partial charge in [0.25, 0.3) is 0 Å². The van der Waals surface area contributed by atoms with Crippen LogP contribution in [0.4, 0.5) is 0 Å². The normalized spacial score (nSPS) is 13.4. The zero-order chi connectivity index (χ0) is 9.26. The van der Waals surface area contributed by atoms with Crippen molar-refractivity contribution >= 4 is 27.0 Å². The Morgan fingerprint density at radius 2 is 2.46 bits per heavy atom. The number of aliphatic hydroxyl groups excluding tert-OH is 1. The molecule has 0 aliphatic carbocycles. The summed E-state index contributed by atoms with van der Waals surface area (Å²) >= 11 is 3.24. The average molecular weight is 241 g/mol. The van der Waals surface area contributed by atoms with Gasteiger partial charge in [0.05, 0.1) is 6.10 Å². The number of rotatable bonds is 2. The van der Waals surface area contributed by atoms with E-state index in [9.17, 15) is 5.11 Å². The fourth-order valence-corrected chi connectivity index (χ4v) is 1.68. The highest BCUT2D eigenvalue weighted by Crippen LogP contribution is 2.23. The Balaban J connectivity index is 2.57. The minimum atomic E-state index is -0.474. The number of H-pyrrole nitrogens is 1. The number of fused-ring (bicyclic) bond motifs is 1. The van der Waals surface area contributed by atoms with Crippen LogP contribution < -0.4 is 0 Å². The van der Waals surface area contributed by atoms with Crippen LogP contribution in [-0.4, -0.2) is 20.4 Å². The Morgan fingerprint density at radius 3 is 3.23 bits per heavy atom. The zero-order valence-electron chi connectivity index (χ0n) is 6.87. The van der Waals surface area contributed by atoms with Gasteiger partial charge >= 0.3 is 0 Å². The van der Waals surface area contributed by atoms with Gasteiger partial charge in [0, 0.05) is 28.7 Å². The maximum absolute atomic E-state index is 9.62. The second kappa shape index (κ2) is 3.47. The Morgan fingerprint density at radius 1 is 1.62 bits per heavy atom. The van der Waals surface area contributed by atoms with Crippen molar-refractivity contribution in [2.45, 2.75) is 6.10 Å². The Bertz CT molecular complexity index is 413. The smallest absolute Gasteiger partial charge is 0.137 e. The lowest BCUT2D eigenvalue weighted by Gasteiger charge is -2.03. The van der Waals surface area contributed by atoms with E-state index in [-0.39, 0.29) is 0 Å². The van der Waals surface area contributed by atoms with Crippen molar-refractivity contribution in [3.8, 4) is 0 Å². The highest BCUT2D eigenvalue weighted by molar-refractivity contribution is 9.09. The third-order valence-corrected chi connectivity index (χ3v) is 2.60. The molecule has 2 aromatic heterocycles. The molecule has 1 atom stereocenters. The van der Waals surface area contributed by atoms with Gasteiger partial charge in [-0.25, -0.2) is 4.98 Å². The predicted molar refractivity (Wildman–Crippen MR) is 54.8 cm³/mol. The van der Waals surface area contributed by atoms with E-state index in [4.69, 9.17) is 0 Å². The van der Waals surface area contributed by atoms with E-state index in [1.54, 1.807) is 12.4 Å². The summed E-state index contributed by atoms with van der Waals surface area (Å²) in [5.74, 6) is 0. The van der Waals surface area contributed by atoms with E-state index in [2.05, 4.69) is 25.9 Å². The van der Waals surface area contributed by atoms with Crippen LogP contribution in [-0.2, 0) is 0 Å². The molecule has 3 nitrogen and oxygen atoms in total. The highest BCUT2D eigenvalue weighted by Gasteiger charge is 2.11. The number of hydrogen-bond acceptors (Lipinski definition) is 2. The van der Waals surface area contributed by atoms with E-state index >= 15 is 0 Å². The number of halogens is 1. The number of nitrogens with one attached hydrogen (secondary N) is 1. The average Bonchev–Trinajstić information content (AvgIpc) is 2.60. The molecule has 0 fully saturated rings. The number of pyridine rings is 1. The van der Waals surface area contributed by atoms with Crippen LogP contribution >= 0.6 is 15.9 Å². The number of aromatic nitrogens is 2. The monoisotopic (exact) mass is 240 g/mol. The minimum absolute atomic E-state index is 0.474. The van der Waals surface area contributed by atoms with Crippen molar-refractivity contribution in [3.05, 3.63) is 30.1 Å². The number of aliphatic hydroxyl groups is 1. The lowest BCUT2D eigenvalue weighted by Crippen LogP contribution is -1.96. The molecule has 0 saturated carbocycles. The summed E-state index contributed by atoms with van der Waals surface area (Å²) in [7, 11) is 0. The highest BCUT2D eigenvalue weighted by atomic mass is 79.9. The summed E-state index contributed by atoms with van der Waals surface area (Å²) < 4.78 is 0. The van der Waals surface area contributed by atoms with Crippen molar-refractivity contribution in [2.24, 2.45) is 0 Å². The standard InChI is InChI=1S/C9H9BrN2O/c10-4-8(13)7-5-12-9-6(7)2-1-3-11-9/h1-3,5,8,13H,4H2,(H,11,12). The van der Waals surface area contributed by atoms with Crippen LogP contribution in [0, 0.1) is 0 Å². The van der Waals surface area contributed by atoms with Crippen LogP contribution in [0.2, 0.25) is 0 Å². The van der Waals surface area contributed by atoms with Gasteiger partial charge in [-0.05, 0) is 12.1 Å². The maximum Gasteiger partial charge on any atom is 0.137 e. The van der Waals surface area contributed by atoms with Crippen molar-refractivity contribution in [3.63, 3.8) is 0 Å². The molecule has 0 spiro atoms. The van der Waals surface area contributed by atoms with E-state index < -0.39 is 6.10 Å². The van der Waals surface area contributed by atoms with Crippen LogP contribution in [0.3, 0.4) is 0 Å². The molecule has 4 heteroatoms. The molecule has 13 heavy (non-hydrogen) atoms. The first kappa shape index (κ1) is 8.72. The van der Waals surface area contributed by atoms with Gasteiger partial charge in [-0.15, -0.1) is 0 Å². The van der Waals surface area contributed by atoms with Crippen LogP contribution in [0.5, 0.6) is 0 Å². The van der Waals surface area contributed by atoms with Crippen molar-refractivity contribution in [2.75, 3.05) is 5.33 Å². The molecule has 1 unspecified atom stereocenters. The summed E-state index contributed by atoms with van der Waals surface area (Å²) in [5, 5.41) is 11.1. The third-order valence-electron chi connectivity index (χ3n) is 1.99. The zero-order valence-corrected chi connectivity index (χ0v) is 8.45. The molecule has 0 aromatic carbocycles. The molecule has 68 valence electrons. The molecule has 2 rings (SSSR count). The first-order valence-corrected chi connectivity index (χ1v) is 5.11. The fraction of sp³-hybridized carbons (Fsp3) is 0.222. The second-order valence-electron chi connectivity index (χ2n) is 2.81. The number of aromatic amines is 1. The van der Waals surface area contributed by atoms with E-state index in [0.717, 1.165) is 16.6 Å². The predicted octanol–water partition coefficient (Wildman–Crippen LogP) is 1.99. The molecule has 2 N–H and O–H groups in total. The van der Waals surface area contributed by atoms with Gasteiger partial charge in [-0.1, -0.05) is 15.9 Å². The number of alkyl halides is 1. The quantitative estimate of drug-likeness (QED) is 0.790. The lowest BCUT2D eigenvalue weighted by molar-refractivity contribution is 0.207. The van der Waals surface area contributed by atoms with Gasteiger partial charge in [-0.2, -0.15) is 0 Å².